The molecule has 0 spiro atoms. The highest BCUT2D eigenvalue weighted by atomic mass is 32.2. The maximum Gasteiger partial charge on any atom is 0.247 e. The SMILES string of the molecule is CNc1ncc(S(=O)(=O)N2CC(=O)NC(=O)C2C)cn1. The van der Waals surface area contributed by atoms with Crippen molar-refractivity contribution in [2.75, 3.05) is 18.9 Å². The van der Waals surface area contributed by atoms with E-state index in [2.05, 4.69) is 20.6 Å². The van der Waals surface area contributed by atoms with Gasteiger partial charge < -0.3 is 5.32 Å². The summed E-state index contributed by atoms with van der Waals surface area (Å²) < 4.78 is 25.6. The van der Waals surface area contributed by atoms with E-state index in [-0.39, 0.29) is 10.8 Å². The molecular formula is C10H13N5O4S. The Morgan fingerprint density at radius 3 is 2.50 bits per heavy atom. The minimum Gasteiger partial charge on any atom is -0.357 e. The first-order valence-electron chi connectivity index (χ1n) is 5.71. The molecule has 0 bridgehead atoms. The summed E-state index contributed by atoms with van der Waals surface area (Å²) in [6.07, 6.45) is 2.25. The number of rotatable bonds is 3. The van der Waals surface area contributed by atoms with E-state index in [1.165, 1.54) is 6.92 Å². The van der Waals surface area contributed by atoms with Crippen LogP contribution in [0.25, 0.3) is 0 Å². The van der Waals surface area contributed by atoms with Crippen molar-refractivity contribution in [3.8, 4) is 0 Å². The fourth-order valence-electron chi connectivity index (χ4n) is 1.70. The molecule has 9 nitrogen and oxygen atoms in total. The maximum absolute atomic E-state index is 12.4. The molecule has 2 N–H and O–H groups in total. The summed E-state index contributed by atoms with van der Waals surface area (Å²) in [5.41, 5.74) is 0. The molecule has 10 heteroatoms. The van der Waals surface area contributed by atoms with E-state index < -0.39 is 34.4 Å². The van der Waals surface area contributed by atoms with Gasteiger partial charge in [0.25, 0.3) is 0 Å². The minimum absolute atomic E-state index is 0.175. The Hall–Kier alpha value is -2.07. The highest BCUT2D eigenvalue weighted by Gasteiger charge is 2.39. The molecule has 1 aliphatic heterocycles. The molecule has 2 heterocycles. The Balaban J connectivity index is 2.37. The topological polar surface area (TPSA) is 121 Å². The largest absolute Gasteiger partial charge is 0.357 e. The van der Waals surface area contributed by atoms with Gasteiger partial charge in [-0.1, -0.05) is 0 Å². The van der Waals surface area contributed by atoms with Crippen molar-refractivity contribution in [2.24, 2.45) is 0 Å². The monoisotopic (exact) mass is 299 g/mol. The van der Waals surface area contributed by atoms with E-state index in [1.807, 2.05) is 0 Å². The van der Waals surface area contributed by atoms with Crippen LogP contribution in [0, 0.1) is 0 Å². The normalized spacial score (nSPS) is 20.6. The first-order valence-corrected chi connectivity index (χ1v) is 7.15. The fourth-order valence-corrected chi connectivity index (χ4v) is 3.14. The minimum atomic E-state index is -4.00. The summed E-state index contributed by atoms with van der Waals surface area (Å²) in [7, 11) is -2.41. The summed E-state index contributed by atoms with van der Waals surface area (Å²) in [5, 5.41) is 4.73. The number of aromatic nitrogens is 2. The molecule has 0 aromatic carbocycles. The van der Waals surface area contributed by atoms with Crippen molar-refractivity contribution in [1.29, 1.82) is 0 Å². The number of nitrogens with zero attached hydrogens (tertiary/aromatic N) is 3. The van der Waals surface area contributed by atoms with Gasteiger partial charge in [0, 0.05) is 7.05 Å². The number of imide groups is 1. The van der Waals surface area contributed by atoms with E-state index in [1.54, 1.807) is 7.05 Å². The number of anilines is 1. The van der Waals surface area contributed by atoms with Crippen molar-refractivity contribution in [2.45, 2.75) is 17.9 Å². The molecule has 1 fully saturated rings. The third-order valence-corrected chi connectivity index (χ3v) is 4.70. The number of piperazine rings is 1. The number of hydrogen-bond acceptors (Lipinski definition) is 7. The predicted octanol–water partition coefficient (Wildman–Crippen LogP) is -1.45. The van der Waals surface area contributed by atoms with Gasteiger partial charge in [0.1, 0.15) is 10.9 Å². The highest BCUT2D eigenvalue weighted by Crippen LogP contribution is 2.19. The Morgan fingerprint density at radius 2 is 1.95 bits per heavy atom. The molecule has 0 radical (unpaired) electrons. The zero-order chi connectivity index (χ0) is 14.9. The number of sulfonamides is 1. The van der Waals surface area contributed by atoms with Gasteiger partial charge in [0.15, 0.2) is 0 Å². The molecular weight excluding hydrogens is 286 g/mol. The van der Waals surface area contributed by atoms with Crippen molar-refractivity contribution in [3.63, 3.8) is 0 Å². The fraction of sp³-hybridized carbons (Fsp3) is 0.400. The predicted molar refractivity (Wildman–Crippen MR) is 68.1 cm³/mol. The molecule has 1 atom stereocenters. The Morgan fingerprint density at radius 1 is 1.35 bits per heavy atom. The van der Waals surface area contributed by atoms with Crippen LogP contribution in [0.3, 0.4) is 0 Å². The lowest BCUT2D eigenvalue weighted by Gasteiger charge is -2.30. The summed E-state index contributed by atoms with van der Waals surface area (Å²) in [6, 6.07) is -0.971. The number of nitrogens with one attached hydrogen (secondary N) is 2. The first-order chi connectivity index (χ1) is 9.36. The van der Waals surface area contributed by atoms with E-state index in [9.17, 15) is 18.0 Å². The van der Waals surface area contributed by atoms with Crippen LogP contribution in [-0.4, -0.2) is 54.1 Å². The second-order valence-corrected chi connectivity index (χ2v) is 6.02. The van der Waals surface area contributed by atoms with Crippen LogP contribution in [0.1, 0.15) is 6.92 Å². The zero-order valence-corrected chi connectivity index (χ0v) is 11.6. The molecule has 108 valence electrons. The number of carbonyl (C=O) groups excluding carboxylic acids is 2. The van der Waals surface area contributed by atoms with Crippen LogP contribution in [-0.2, 0) is 19.6 Å². The molecule has 0 saturated carbocycles. The lowest BCUT2D eigenvalue weighted by molar-refractivity contribution is -0.136. The molecule has 1 aromatic rings. The Labute approximate surface area is 115 Å². The lowest BCUT2D eigenvalue weighted by atomic mass is 10.2. The molecule has 0 aliphatic carbocycles. The Kier molecular flexibility index (Phi) is 3.68. The average molecular weight is 299 g/mol. The van der Waals surface area contributed by atoms with Gasteiger partial charge in [-0.15, -0.1) is 0 Å². The van der Waals surface area contributed by atoms with E-state index in [0.717, 1.165) is 16.7 Å². The van der Waals surface area contributed by atoms with Crippen molar-refractivity contribution < 1.29 is 18.0 Å². The van der Waals surface area contributed by atoms with Crippen LogP contribution in [0.2, 0.25) is 0 Å². The van der Waals surface area contributed by atoms with E-state index >= 15 is 0 Å². The van der Waals surface area contributed by atoms with Gasteiger partial charge in [-0.3, -0.25) is 14.9 Å². The number of carbonyl (C=O) groups is 2. The van der Waals surface area contributed by atoms with Gasteiger partial charge >= 0.3 is 0 Å². The van der Waals surface area contributed by atoms with E-state index in [4.69, 9.17) is 0 Å². The van der Waals surface area contributed by atoms with Crippen LogP contribution in [0.15, 0.2) is 17.3 Å². The van der Waals surface area contributed by atoms with Crippen molar-refractivity contribution >= 4 is 27.8 Å². The third kappa shape index (κ3) is 2.47. The molecule has 1 unspecified atom stereocenters. The lowest BCUT2D eigenvalue weighted by Crippen LogP contribution is -2.58. The molecule has 2 amide bonds. The molecule has 20 heavy (non-hydrogen) atoms. The first kappa shape index (κ1) is 14.3. The Bertz CT molecular complexity index is 642. The van der Waals surface area contributed by atoms with Gasteiger partial charge in [0.05, 0.1) is 18.9 Å². The number of amides is 2. The van der Waals surface area contributed by atoms with Gasteiger partial charge in [-0.05, 0) is 6.92 Å². The summed E-state index contributed by atoms with van der Waals surface area (Å²) >= 11 is 0. The summed E-state index contributed by atoms with van der Waals surface area (Å²) in [5.74, 6) is -1.05. The van der Waals surface area contributed by atoms with Crippen LogP contribution >= 0.6 is 0 Å². The van der Waals surface area contributed by atoms with Gasteiger partial charge in [-0.25, -0.2) is 18.4 Å². The van der Waals surface area contributed by atoms with Crippen LogP contribution in [0.4, 0.5) is 5.95 Å². The zero-order valence-electron chi connectivity index (χ0n) is 10.8. The summed E-state index contributed by atoms with van der Waals surface area (Å²) in [4.78, 5) is 30.3. The van der Waals surface area contributed by atoms with Crippen LogP contribution < -0.4 is 10.6 Å². The second-order valence-electron chi connectivity index (χ2n) is 4.13. The highest BCUT2D eigenvalue weighted by molar-refractivity contribution is 7.89. The molecule has 1 aliphatic rings. The number of hydrogen-bond donors (Lipinski definition) is 2. The third-order valence-electron chi connectivity index (χ3n) is 2.83. The molecule has 2 rings (SSSR count). The molecule has 1 saturated heterocycles. The summed E-state index contributed by atoms with van der Waals surface area (Å²) in [6.45, 7) is 0.991. The van der Waals surface area contributed by atoms with Gasteiger partial charge in [0.2, 0.25) is 27.8 Å². The molecule has 1 aromatic heterocycles. The average Bonchev–Trinajstić information content (AvgIpc) is 2.42. The standard InChI is InChI=1S/C10H13N5O4S/c1-6-9(17)14-8(16)5-15(6)20(18,19)7-3-12-10(11-2)13-4-7/h3-4,6H,5H2,1-2H3,(H,11,12,13)(H,14,16,17). The van der Waals surface area contributed by atoms with Crippen molar-refractivity contribution in [3.05, 3.63) is 12.4 Å². The second kappa shape index (κ2) is 5.13. The van der Waals surface area contributed by atoms with Crippen molar-refractivity contribution in [1.82, 2.24) is 19.6 Å². The smallest absolute Gasteiger partial charge is 0.247 e. The van der Waals surface area contributed by atoms with E-state index in [0.29, 0.717) is 0 Å². The quantitative estimate of drug-likeness (QED) is 0.655. The van der Waals surface area contributed by atoms with Gasteiger partial charge in [-0.2, -0.15) is 4.31 Å². The van der Waals surface area contributed by atoms with Crippen LogP contribution in [0.5, 0.6) is 0 Å². The maximum atomic E-state index is 12.4.